The van der Waals surface area contributed by atoms with Crippen LogP contribution < -0.4 is 10.6 Å². The second-order valence-electron chi connectivity index (χ2n) is 7.99. The maximum absolute atomic E-state index is 4.36. The molecule has 0 amide bonds. The average molecular weight is 467 g/mol. The summed E-state index contributed by atoms with van der Waals surface area (Å²) < 4.78 is 0. The van der Waals surface area contributed by atoms with Gasteiger partial charge in [-0.05, 0) is 80.1 Å². The summed E-state index contributed by atoms with van der Waals surface area (Å²) in [7, 11) is 4.05. The molecule has 1 aliphatic rings. The van der Waals surface area contributed by atoms with Crippen LogP contribution in [0.3, 0.4) is 0 Å². The molecule has 1 rings (SSSR count). The molecule has 1 aliphatic heterocycles. The first-order valence-corrected chi connectivity index (χ1v) is 9.76. The number of nitrogens with zero attached hydrogens (tertiary/aromatic N) is 3. The quantitative estimate of drug-likeness (QED) is 0.237. The number of likely N-dealkylation sites (tertiary alicyclic amines) is 1. The van der Waals surface area contributed by atoms with Crippen molar-refractivity contribution in [3.63, 3.8) is 0 Å². The van der Waals surface area contributed by atoms with Crippen molar-refractivity contribution in [1.29, 1.82) is 0 Å². The van der Waals surface area contributed by atoms with Crippen molar-refractivity contribution in [3.8, 4) is 0 Å². The SMILES string of the molecule is CN=C(NCCCCN(C)C(C)C)NCC(C)(C)N1CCCCC1.I. The smallest absolute Gasteiger partial charge is 0.191 e. The number of unbranched alkanes of at least 4 members (excludes halogenated alkanes) is 1. The van der Waals surface area contributed by atoms with Crippen LogP contribution in [0.4, 0.5) is 0 Å². The molecule has 6 heteroatoms. The van der Waals surface area contributed by atoms with Crippen LogP contribution in [0.2, 0.25) is 0 Å². The van der Waals surface area contributed by atoms with Gasteiger partial charge >= 0.3 is 0 Å². The lowest BCUT2D eigenvalue weighted by Gasteiger charge is -2.41. The van der Waals surface area contributed by atoms with Crippen molar-refractivity contribution >= 4 is 29.9 Å². The van der Waals surface area contributed by atoms with E-state index in [9.17, 15) is 0 Å². The normalized spacial score (nSPS) is 16.9. The molecule has 2 N–H and O–H groups in total. The van der Waals surface area contributed by atoms with Gasteiger partial charge in [-0.1, -0.05) is 6.42 Å². The highest BCUT2D eigenvalue weighted by Gasteiger charge is 2.27. The Morgan fingerprint density at radius 2 is 1.76 bits per heavy atom. The van der Waals surface area contributed by atoms with E-state index < -0.39 is 0 Å². The zero-order valence-corrected chi connectivity index (χ0v) is 19.7. The fourth-order valence-corrected chi connectivity index (χ4v) is 3.08. The first-order valence-electron chi connectivity index (χ1n) is 9.76. The van der Waals surface area contributed by atoms with Gasteiger partial charge in [0.1, 0.15) is 0 Å². The third kappa shape index (κ3) is 9.99. The van der Waals surface area contributed by atoms with Gasteiger partial charge in [-0.2, -0.15) is 0 Å². The zero-order valence-electron chi connectivity index (χ0n) is 17.4. The van der Waals surface area contributed by atoms with Crippen molar-refractivity contribution in [3.05, 3.63) is 0 Å². The van der Waals surface area contributed by atoms with Gasteiger partial charge in [0.25, 0.3) is 0 Å². The van der Waals surface area contributed by atoms with Crippen molar-refractivity contribution < 1.29 is 0 Å². The van der Waals surface area contributed by atoms with Crippen LogP contribution in [0.15, 0.2) is 4.99 Å². The predicted molar refractivity (Wildman–Crippen MR) is 121 cm³/mol. The zero-order chi connectivity index (χ0) is 18.0. The van der Waals surface area contributed by atoms with E-state index in [4.69, 9.17) is 0 Å². The lowest BCUT2D eigenvalue weighted by atomic mass is 9.98. The number of piperidine rings is 1. The minimum absolute atomic E-state index is 0. The van der Waals surface area contributed by atoms with Crippen LogP contribution >= 0.6 is 24.0 Å². The Morgan fingerprint density at radius 1 is 1.12 bits per heavy atom. The number of aliphatic imine (C=N–C) groups is 1. The van der Waals surface area contributed by atoms with Crippen LogP contribution in [-0.2, 0) is 0 Å². The highest BCUT2D eigenvalue weighted by atomic mass is 127. The van der Waals surface area contributed by atoms with Gasteiger partial charge in [-0.3, -0.25) is 9.89 Å². The Kier molecular flexibility index (Phi) is 13.1. The van der Waals surface area contributed by atoms with Gasteiger partial charge in [-0.15, -0.1) is 24.0 Å². The number of hydrogen-bond acceptors (Lipinski definition) is 3. The number of guanidine groups is 1. The van der Waals surface area contributed by atoms with Gasteiger partial charge in [0, 0.05) is 31.7 Å². The summed E-state index contributed by atoms with van der Waals surface area (Å²) in [6.45, 7) is 14.7. The fourth-order valence-electron chi connectivity index (χ4n) is 3.08. The molecule has 25 heavy (non-hydrogen) atoms. The fraction of sp³-hybridized carbons (Fsp3) is 0.947. The van der Waals surface area contributed by atoms with E-state index in [1.807, 2.05) is 7.05 Å². The Labute approximate surface area is 173 Å². The number of nitrogens with one attached hydrogen (secondary N) is 2. The van der Waals surface area contributed by atoms with E-state index in [1.54, 1.807) is 0 Å². The molecule has 0 aromatic heterocycles. The Bertz CT molecular complexity index is 365. The molecule has 1 saturated heterocycles. The molecular weight excluding hydrogens is 425 g/mol. The van der Waals surface area contributed by atoms with E-state index in [1.165, 1.54) is 45.2 Å². The Balaban J connectivity index is 0.00000576. The van der Waals surface area contributed by atoms with Gasteiger partial charge in [-0.25, -0.2) is 0 Å². The third-order valence-corrected chi connectivity index (χ3v) is 5.24. The largest absolute Gasteiger partial charge is 0.356 e. The molecule has 0 bridgehead atoms. The molecule has 0 atom stereocenters. The Morgan fingerprint density at radius 3 is 2.32 bits per heavy atom. The molecule has 0 saturated carbocycles. The third-order valence-electron chi connectivity index (χ3n) is 5.24. The summed E-state index contributed by atoms with van der Waals surface area (Å²) in [6, 6.07) is 0.629. The van der Waals surface area contributed by atoms with Gasteiger partial charge < -0.3 is 15.5 Å². The number of halogens is 1. The molecule has 5 nitrogen and oxygen atoms in total. The second kappa shape index (κ2) is 13.1. The van der Waals surface area contributed by atoms with E-state index in [2.05, 4.69) is 60.2 Å². The minimum Gasteiger partial charge on any atom is -0.356 e. The van der Waals surface area contributed by atoms with Crippen molar-refractivity contribution in [2.75, 3.05) is 46.8 Å². The molecule has 0 radical (unpaired) electrons. The van der Waals surface area contributed by atoms with E-state index in [0.29, 0.717) is 6.04 Å². The topological polar surface area (TPSA) is 42.9 Å². The molecular formula is C19H42IN5. The number of hydrogen-bond donors (Lipinski definition) is 2. The summed E-state index contributed by atoms with van der Waals surface area (Å²) in [4.78, 5) is 9.37. The predicted octanol–water partition coefficient (Wildman–Crippen LogP) is 3.15. The standard InChI is InChI=1S/C19H41N5.HI/c1-17(2)23(6)13-11-8-12-21-18(20-5)22-16-19(3,4)24-14-9-7-10-15-24;/h17H,7-16H2,1-6H3,(H2,20,21,22);1H. The first kappa shape index (κ1) is 24.9. The molecule has 0 aliphatic carbocycles. The molecule has 0 spiro atoms. The number of rotatable bonds is 9. The van der Waals surface area contributed by atoms with Crippen LogP contribution in [0, 0.1) is 0 Å². The van der Waals surface area contributed by atoms with E-state index >= 15 is 0 Å². The first-order chi connectivity index (χ1) is 11.4. The molecule has 1 fully saturated rings. The highest BCUT2D eigenvalue weighted by molar-refractivity contribution is 14.0. The van der Waals surface area contributed by atoms with Gasteiger partial charge in [0.2, 0.25) is 0 Å². The summed E-state index contributed by atoms with van der Waals surface area (Å²) in [5.74, 6) is 0.928. The average Bonchev–Trinajstić information content (AvgIpc) is 2.57. The van der Waals surface area contributed by atoms with Crippen molar-refractivity contribution in [2.24, 2.45) is 4.99 Å². The molecule has 0 aromatic rings. The van der Waals surface area contributed by atoms with Crippen LogP contribution in [-0.4, -0.2) is 74.2 Å². The molecule has 0 unspecified atom stereocenters. The van der Waals surface area contributed by atoms with Crippen LogP contribution in [0.5, 0.6) is 0 Å². The van der Waals surface area contributed by atoms with Crippen LogP contribution in [0.1, 0.15) is 59.8 Å². The van der Waals surface area contributed by atoms with Gasteiger partial charge in [0.05, 0.1) is 0 Å². The maximum Gasteiger partial charge on any atom is 0.191 e. The van der Waals surface area contributed by atoms with Crippen molar-refractivity contribution in [2.45, 2.75) is 71.4 Å². The summed E-state index contributed by atoms with van der Waals surface area (Å²) in [5.41, 5.74) is 0.179. The maximum atomic E-state index is 4.36. The summed E-state index contributed by atoms with van der Waals surface area (Å²) >= 11 is 0. The molecule has 1 heterocycles. The lowest BCUT2D eigenvalue weighted by Crippen LogP contribution is -2.54. The highest BCUT2D eigenvalue weighted by Crippen LogP contribution is 2.19. The summed E-state index contributed by atoms with van der Waals surface area (Å²) in [5, 5.41) is 6.96. The molecule has 0 aromatic carbocycles. The van der Waals surface area contributed by atoms with Crippen molar-refractivity contribution in [1.82, 2.24) is 20.4 Å². The summed E-state index contributed by atoms with van der Waals surface area (Å²) in [6.07, 6.45) is 6.45. The van der Waals surface area contributed by atoms with E-state index in [-0.39, 0.29) is 29.5 Å². The molecule has 150 valence electrons. The Hall–Kier alpha value is -0.0800. The lowest BCUT2D eigenvalue weighted by molar-refractivity contribution is 0.0982. The van der Waals surface area contributed by atoms with Crippen LogP contribution in [0.25, 0.3) is 0 Å². The second-order valence-corrected chi connectivity index (χ2v) is 7.99. The van der Waals surface area contributed by atoms with E-state index in [0.717, 1.165) is 25.6 Å². The minimum atomic E-state index is 0. The van der Waals surface area contributed by atoms with Gasteiger partial charge in [0.15, 0.2) is 5.96 Å². The monoisotopic (exact) mass is 467 g/mol.